The van der Waals surface area contributed by atoms with Gasteiger partial charge in [0.05, 0.1) is 14.2 Å². The summed E-state index contributed by atoms with van der Waals surface area (Å²) in [6.07, 6.45) is 1.59. The SMILES string of the molecule is COC(=O)CCc1cc(C(C)(C)C)c(O[PH](=O)Oc2c(C(C)(C)C)cc(CCC(=O)OC)cc2C(C)(C)C)c(C(C)(C)C)c1. The Morgan fingerprint density at radius 2 is 0.795 bits per heavy atom. The lowest BCUT2D eigenvalue weighted by molar-refractivity contribution is -0.141. The van der Waals surface area contributed by atoms with Gasteiger partial charge < -0.3 is 18.5 Å². The van der Waals surface area contributed by atoms with Crippen molar-refractivity contribution in [3.05, 3.63) is 57.6 Å². The van der Waals surface area contributed by atoms with Gasteiger partial charge in [-0.1, -0.05) is 107 Å². The quantitative estimate of drug-likeness (QED) is 0.191. The van der Waals surface area contributed by atoms with E-state index < -0.39 is 8.25 Å². The number of aryl methyl sites for hydroxylation is 2. The number of esters is 2. The second-order valence-electron chi connectivity index (χ2n) is 15.6. The molecule has 0 spiro atoms. The van der Waals surface area contributed by atoms with Gasteiger partial charge in [-0.15, -0.1) is 0 Å². The van der Waals surface area contributed by atoms with Crippen molar-refractivity contribution < 1.29 is 32.7 Å². The third-order valence-corrected chi connectivity index (χ3v) is 8.33. The number of hydrogen-bond donors (Lipinski definition) is 0. The molecule has 0 amide bonds. The molecule has 2 rings (SSSR count). The number of rotatable bonds is 10. The Morgan fingerprint density at radius 3 is 1.00 bits per heavy atom. The summed E-state index contributed by atoms with van der Waals surface area (Å²) in [4.78, 5) is 23.8. The van der Waals surface area contributed by atoms with Crippen LogP contribution in [0.2, 0.25) is 0 Å². The predicted molar refractivity (Wildman–Crippen MR) is 179 cm³/mol. The van der Waals surface area contributed by atoms with Crippen LogP contribution in [0.1, 0.15) is 129 Å². The van der Waals surface area contributed by atoms with Crippen molar-refractivity contribution in [3.8, 4) is 11.5 Å². The van der Waals surface area contributed by atoms with Gasteiger partial charge in [-0.3, -0.25) is 9.59 Å². The van der Waals surface area contributed by atoms with Gasteiger partial charge in [0.1, 0.15) is 11.5 Å². The molecule has 0 N–H and O–H groups in total. The van der Waals surface area contributed by atoms with E-state index in [1.165, 1.54) is 14.2 Å². The first-order chi connectivity index (χ1) is 20.0. The first-order valence-electron chi connectivity index (χ1n) is 15.4. The summed E-state index contributed by atoms with van der Waals surface area (Å²) in [5.41, 5.74) is 4.22. The molecule has 0 bridgehead atoms. The highest BCUT2D eigenvalue weighted by molar-refractivity contribution is 7.34. The fraction of sp³-hybridized carbons (Fsp3) is 0.611. The maximum absolute atomic E-state index is 14.0. The summed E-state index contributed by atoms with van der Waals surface area (Å²) in [5, 5.41) is 0. The molecule has 0 unspecified atom stereocenters. The Kier molecular flexibility index (Phi) is 12.0. The Bertz CT molecular complexity index is 1190. The molecule has 0 saturated carbocycles. The van der Waals surface area contributed by atoms with E-state index in [2.05, 4.69) is 83.1 Å². The summed E-state index contributed by atoms with van der Waals surface area (Å²) in [6, 6.07) is 8.17. The molecule has 0 heterocycles. The molecule has 2 aromatic rings. The van der Waals surface area contributed by atoms with Crippen molar-refractivity contribution in [2.45, 2.75) is 130 Å². The van der Waals surface area contributed by atoms with Crippen molar-refractivity contribution in [1.29, 1.82) is 0 Å². The average molecular weight is 631 g/mol. The van der Waals surface area contributed by atoms with Crippen LogP contribution >= 0.6 is 8.25 Å². The van der Waals surface area contributed by atoms with Crippen molar-refractivity contribution >= 4 is 20.2 Å². The van der Waals surface area contributed by atoms with Crippen LogP contribution in [0, 0.1) is 0 Å². The van der Waals surface area contributed by atoms with Gasteiger partial charge >= 0.3 is 20.2 Å². The number of carbonyl (C=O) groups is 2. The molecule has 0 fully saturated rings. The summed E-state index contributed by atoms with van der Waals surface area (Å²) in [7, 11) is -0.316. The number of carbonyl (C=O) groups excluding carboxylic acids is 2. The zero-order valence-electron chi connectivity index (χ0n) is 29.5. The van der Waals surface area contributed by atoms with Gasteiger partial charge in [0.15, 0.2) is 0 Å². The Morgan fingerprint density at radius 1 is 0.545 bits per heavy atom. The van der Waals surface area contributed by atoms with E-state index in [1.807, 2.05) is 24.3 Å². The molecular weight excluding hydrogens is 575 g/mol. The highest BCUT2D eigenvalue weighted by Gasteiger charge is 2.32. The molecule has 7 nitrogen and oxygen atoms in total. The molecule has 0 saturated heterocycles. The zero-order valence-corrected chi connectivity index (χ0v) is 30.5. The van der Waals surface area contributed by atoms with Crippen LogP contribution in [0.3, 0.4) is 0 Å². The molecule has 2 aromatic carbocycles. The van der Waals surface area contributed by atoms with Crippen LogP contribution in [0.4, 0.5) is 0 Å². The summed E-state index contributed by atoms with van der Waals surface area (Å²) < 4.78 is 36.5. The minimum absolute atomic E-state index is 0.265. The maximum Gasteiger partial charge on any atom is 0.419 e. The monoisotopic (exact) mass is 630 g/mol. The molecule has 0 aliphatic carbocycles. The summed E-state index contributed by atoms with van der Waals surface area (Å²) >= 11 is 0. The van der Waals surface area contributed by atoms with Crippen molar-refractivity contribution in [1.82, 2.24) is 0 Å². The molecule has 0 radical (unpaired) electrons. The summed E-state index contributed by atoms with van der Waals surface area (Å²) in [5.74, 6) is 0.582. The standard InChI is InChI=1S/C36H55O7P/c1-33(2,3)25-19-23(15-17-29(37)40-13)20-26(34(4,5)6)31(25)42-44(39)43-32-27(35(7,8)9)21-24(16-18-30(38)41-14)22-28(32)36(10,11)12/h19-22,44H,15-18H2,1-14H3. The molecule has 0 atom stereocenters. The minimum Gasteiger partial charge on any atom is -0.469 e. The van der Waals surface area contributed by atoms with Gasteiger partial charge in [-0.2, -0.15) is 0 Å². The van der Waals surface area contributed by atoms with Crippen molar-refractivity contribution in [2.75, 3.05) is 14.2 Å². The molecule has 0 aliphatic heterocycles. The number of hydrogen-bond acceptors (Lipinski definition) is 7. The van der Waals surface area contributed by atoms with Crippen LogP contribution in [0.25, 0.3) is 0 Å². The number of benzene rings is 2. The first kappa shape index (κ1) is 37.4. The van der Waals surface area contributed by atoms with Gasteiger partial charge in [0, 0.05) is 35.1 Å². The van der Waals surface area contributed by atoms with Crippen LogP contribution in [0.5, 0.6) is 11.5 Å². The third kappa shape index (κ3) is 10.1. The van der Waals surface area contributed by atoms with Crippen molar-refractivity contribution in [2.24, 2.45) is 0 Å². The second kappa shape index (κ2) is 14.1. The van der Waals surface area contributed by atoms with Gasteiger partial charge in [0.25, 0.3) is 0 Å². The molecule has 246 valence electrons. The van der Waals surface area contributed by atoms with Gasteiger partial charge in [-0.25, -0.2) is 4.57 Å². The predicted octanol–water partition coefficient (Wildman–Crippen LogP) is 8.94. The zero-order chi connectivity index (χ0) is 33.8. The fourth-order valence-electron chi connectivity index (χ4n) is 5.00. The first-order valence-corrected chi connectivity index (χ1v) is 16.6. The largest absolute Gasteiger partial charge is 0.469 e. The van der Waals surface area contributed by atoms with Gasteiger partial charge in [0.2, 0.25) is 0 Å². The lowest BCUT2D eigenvalue weighted by atomic mass is 9.78. The Balaban J connectivity index is 2.68. The van der Waals surface area contributed by atoms with E-state index >= 15 is 0 Å². The molecule has 8 heteroatoms. The topological polar surface area (TPSA) is 88.1 Å². The Hall–Kier alpha value is -2.79. The van der Waals surface area contributed by atoms with Crippen LogP contribution in [-0.2, 0) is 58.1 Å². The highest BCUT2D eigenvalue weighted by Crippen LogP contribution is 2.48. The smallest absolute Gasteiger partial charge is 0.419 e. The third-order valence-electron chi connectivity index (χ3n) is 7.59. The highest BCUT2D eigenvalue weighted by atomic mass is 31.1. The maximum atomic E-state index is 14.0. The van der Waals surface area contributed by atoms with Gasteiger partial charge in [-0.05, 0) is 45.6 Å². The van der Waals surface area contributed by atoms with E-state index in [0.29, 0.717) is 24.3 Å². The van der Waals surface area contributed by atoms with Crippen LogP contribution in [0.15, 0.2) is 24.3 Å². The Labute approximate surface area is 266 Å². The molecular formula is C36H55O7P. The molecule has 44 heavy (non-hydrogen) atoms. The normalized spacial score (nSPS) is 12.7. The van der Waals surface area contributed by atoms with Crippen LogP contribution in [-0.4, -0.2) is 26.2 Å². The van der Waals surface area contributed by atoms with Crippen LogP contribution < -0.4 is 9.05 Å². The number of methoxy groups -OCH3 is 2. The molecule has 0 aromatic heterocycles. The van der Waals surface area contributed by atoms with E-state index in [1.54, 1.807) is 0 Å². The van der Waals surface area contributed by atoms with Crippen molar-refractivity contribution in [3.63, 3.8) is 0 Å². The second-order valence-corrected chi connectivity index (χ2v) is 16.6. The van der Waals surface area contributed by atoms with E-state index in [-0.39, 0.29) is 46.4 Å². The average Bonchev–Trinajstić information content (AvgIpc) is 2.88. The number of ether oxygens (including phenoxy) is 2. The lowest BCUT2D eigenvalue weighted by Crippen LogP contribution is -2.21. The van der Waals surface area contributed by atoms with E-state index in [4.69, 9.17) is 18.5 Å². The summed E-state index contributed by atoms with van der Waals surface area (Å²) in [6.45, 7) is 25.1. The van der Waals surface area contributed by atoms with E-state index in [9.17, 15) is 14.2 Å². The fourth-order valence-corrected chi connectivity index (χ4v) is 5.81. The van der Waals surface area contributed by atoms with E-state index in [0.717, 1.165) is 33.4 Å². The lowest BCUT2D eigenvalue weighted by Gasteiger charge is -2.32. The minimum atomic E-state index is -3.10. The molecule has 0 aliphatic rings.